The average Bonchev–Trinajstić information content (AvgIpc) is 3.28. The van der Waals surface area contributed by atoms with Gasteiger partial charge in [-0.1, -0.05) is 30.3 Å². The second-order valence-corrected chi connectivity index (χ2v) is 9.48. The van der Waals surface area contributed by atoms with Crippen molar-refractivity contribution in [1.82, 2.24) is 14.8 Å². The SMILES string of the molecule is Cc1cccc(Oc2ccc(C3CCCCN3C(=O)c3cccc(CN4CCCC4=O)c3)cn2)c1. The molecule has 35 heavy (non-hydrogen) atoms. The highest BCUT2D eigenvalue weighted by molar-refractivity contribution is 5.94. The maximum atomic E-state index is 13.6. The number of aryl methyl sites for hydroxylation is 1. The van der Waals surface area contributed by atoms with Crippen molar-refractivity contribution in [3.8, 4) is 11.6 Å². The van der Waals surface area contributed by atoms with Gasteiger partial charge in [0.25, 0.3) is 5.91 Å². The molecule has 2 amide bonds. The third-order valence-corrected chi connectivity index (χ3v) is 6.84. The summed E-state index contributed by atoms with van der Waals surface area (Å²) in [6.45, 7) is 4.11. The first-order valence-electron chi connectivity index (χ1n) is 12.4. The van der Waals surface area contributed by atoms with E-state index >= 15 is 0 Å². The van der Waals surface area contributed by atoms with Crippen LogP contribution in [0.25, 0.3) is 0 Å². The first kappa shape index (κ1) is 23.1. The summed E-state index contributed by atoms with van der Waals surface area (Å²) in [5.74, 6) is 1.52. The topological polar surface area (TPSA) is 62.7 Å². The Morgan fingerprint density at radius 3 is 2.69 bits per heavy atom. The van der Waals surface area contributed by atoms with Crippen LogP contribution in [0.2, 0.25) is 0 Å². The second kappa shape index (κ2) is 10.3. The Hall–Kier alpha value is -3.67. The van der Waals surface area contributed by atoms with E-state index < -0.39 is 0 Å². The summed E-state index contributed by atoms with van der Waals surface area (Å²) in [7, 11) is 0. The quantitative estimate of drug-likeness (QED) is 0.467. The zero-order valence-corrected chi connectivity index (χ0v) is 20.2. The van der Waals surface area contributed by atoms with Crippen molar-refractivity contribution in [3.05, 3.63) is 89.1 Å². The molecule has 6 nitrogen and oxygen atoms in total. The summed E-state index contributed by atoms with van der Waals surface area (Å²) in [5, 5.41) is 0. The van der Waals surface area contributed by atoms with E-state index in [-0.39, 0.29) is 17.9 Å². The monoisotopic (exact) mass is 469 g/mol. The van der Waals surface area contributed by atoms with E-state index in [1.165, 1.54) is 0 Å². The molecule has 2 fully saturated rings. The van der Waals surface area contributed by atoms with Gasteiger partial charge in [-0.15, -0.1) is 0 Å². The Bertz CT molecular complexity index is 1210. The average molecular weight is 470 g/mol. The molecule has 2 aliphatic rings. The van der Waals surface area contributed by atoms with Gasteiger partial charge in [0.1, 0.15) is 5.75 Å². The molecule has 0 bridgehead atoms. The van der Waals surface area contributed by atoms with E-state index in [2.05, 4.69) is 4.98 Å². The predicted molar refractivity (Wildman–Crippen MR) is 134 cm³/mol. The van der Waals surface area contributed by atoms with E-state index in [0.717, 1.165) is 61.2 Å². The summed E-state index contributed by atoms with van der Waals surface area (Å²) in [5.41, 5.74) is 3.83. The van der Waals surface area contributed by atoms with Crippen LogP contribution in [0.5, 0.6) is 11.6 Å². The molecule has 180 valence electrons. The number of hydrogen-bond acceptors (Lipinski definition) is 4. The molecule has 3 aromatic rings. The Kier molecular flexibility index (Phi) is 6.80. The number of aromatic nitrogens is 1. The van der Waals surface area contributed by atoms with E-state index in [1.54, 1.807) is 0 Å². The normalized spacial score (nSPS) is 18.1. The largest absolute Gasteiger partial charge is 0.439 e. The fourth-order valence-electron chi connectivity index (χ4n) is 5.03. The van der Waals surface area contributed by atoms with Crippen LogP contribution in [0.15, 0.2) is 66.9 Å². The molecule has 6 heteroatoms. The van der Waals surface area contributed by atoms with Crippen LogP contribution in [-0.2, 0) is 11.3 Å². The van der Waals surface area contributed by atoms with Gasteiger partial charge >= 0.3 is 0 Å². The molecular weight excluding hydrogens is 438 g/mol. The number of piperidine rings is 1. The number of hydrogen-bond donors (Lipinski definition) is 0. The molecule has 2 aliphatic heterocycles. The van der Waals surface area contributed by atoms with Crippen molar-refractivity contribution in [1.29, 1.82) is 0 Å². The zero-order valence-electron chi connectivity index (χ0n) is 20.2. The minimum Gasteiger partial charge on any atom is -0.439 e. The third-order valence-electron chi connectivity index (χ3n) is 6.84. The highest BCUT2D eigenvalue weighted by Crippen LogP contribution is 2.33. The second-order valence-electron chi connectivity index (χ2n) is 9.48. The predicted octanol–water partition coefficient (Wildman–Crippen LogP) is 5.67. The van der Waals surface area contributed by atoms with Gasteiger partial charge in [-0.05, 0) is 73.6 Å². The van der Waals surface area contributed by atoms with Gasteiger partial charge in [-0.3, -0.25) is 9.59 Å². The maximum Gasteiger partial charge on any atom is 0.254 e. The summed E-state index contributed by atoms with van der Waals surface area (Å²) in [4.78, 5) is 34.0. The molecule has 2 aromatic carbocycles. The van der Waals surface area contributed by atoms with E-state index in [0.29, 0.717) is 24.4 Å². The Labute approximate surface area is 206 Å². The van der Waals surface area contributed by atoms with Gasteiger partial charge in [-0.25, -0.2) is 4.98 Å². The van der Waals surface area contributed by atoms with Gasteiger partial charge in [-0.2, -0.15) is 0 Å². The van der Waals surface area contributed by atoms with Crippen molar-refractivity contribution in [3.63, 3.8) is 0 Å². The van der Waals surface area contributed by atoms with Crippen LogP contribution in [0.1, 0.15) is 65.2 Å². The summed E-state index contributed by atoms with van der Waals surface area (Å²) in [6, 6.07) is 19.5. The van der Waals surface area contributed by atoms with Gasteiger partial charge in [0, 0.05) is 43.9 Å². The number of nitrogens with zero attached hydrogens (tertiary/aromatic N) is 3. The first-order chi connectivity index (χ1) is 17.1. The number of rotatable bonds is 6. The van der Waals surface area contributed by atoms with Crippen molar-refractivity contribution in [2.24, 2.45) is 0 Å². The van der Waals surface area contributed by atoms with Gasteiger partial charge < -0.3 is 14.5 Å². The first-order valence-corrected chi connectivity index (χ1v) is 12.4. The number of ether oxygens (including phenoxy) is 1. The molecule has 0 saturated carbocycles. The van der Waals surface area contributed by atoms with Crippen LogP contribution >= 0.6 is 0 Å². The standard InChI is InChI=1S/C29H31N3O3/c1-21-7-4-10-25(17-21)35-27-14-13-24(19-30-27)26-11-2-3-16-32(26)29(34)23-9-5-8-22(18-23)20-31-15-6-12-28(31)33/h4-5,7-10,13-14,17-19,26H,2-3,6,11-12,15-16,20H2,1H3. The molecule has 1 atom stereocenters. The smallest absolute Gasteiger partial charge is 0.254 e. The third kappa shape index (κ3) is 5.37. The fraction of sp³-hybridized carbons (Fsp3) is 0.345. The van der Waals surface area contributed by atoms with Crippen LogP contribution in [0.3, 0.4) is 0 Å². The molecule has 0 aliphatic carbocycles. The number of amides is 2. The summed E-state index contributed by atoms with van der Waals surface area (Å²) >= 11 is 0. The highest BCUT2D eigenvalue weighted by atomic mass is 16.5. The molecule has 0 radical (unpaired) electrons. The molecule has 0 spiro atoms. The van der Waals surface area contributed by atoms with E-state index in [9.17, 15) is 9.59 Å². The lowest BCUT2D eigenvalue weighted by Gasteiger charge is -2.36. The minimum absolute atomic E-state index is 0.0133. The van der Waals surface area contributed by atoms with Crippen LogP contribution in [0, 0.1) is 6.92 Å². The van der Waals surface area contributed by atoms with Crippen molar-refractivity contribution in [2.45, 2.75) is 51.6 Å². The van der Waals surface area contributed by atoms with Crippen LogP contribution < -0.4 is 4.74 Å². The molecular formula is C29H31N3O3. The number of likely N-dealkylation sites (tertiary alicyclic amines) is 2. The summed E-state index contributed by atoms with van der Waals surface area (Å²) < 4.78 is 5.90. The highest BCUT2D eigenvalue weighted by Gasteiger charge is 2.29. The zero-order chi connectivity index (χ0) is 24.2. The van der Waals surface area contributed by atoms with Crippen molar-refractivity contribution < 1.29 is 14.3 Å². The number of carbonyl (C=O) groups is 2. The van der Waals surface area contributed by atoms with Crippen LogP contribution in [-0.4, -0.2) is 39.7 Å². The lowest BCUT2D eigenvalue weighted by atomic mass is 9.95. The lowest BCUT2D eigenvalue weighted by molar-refractivity contribution is -0.128. The molecule has 3 heterocycles. The minimum atomic E-state index is -0.0133. The number of benzene rings is 2. The Balaban J connectivity index is 1.31. The summed E-state index contributed by atoms with van der Waals surface area (Å²) in [6.07, 6.45) is 6.34. The number of pyridine rings is 1. The van der Waals surface area contributed by atoms with Gasteiger partial charge in [0.2, 0.25) is 11.8 Å². The molecule has 5 rings (SSSR count). The van der Waals surface area contributed by atoms with E-state index in [4.69, 9.17) is 4.74 Å². The lowest BCUT2D eigenvalue weighted by Crippen LogP contribution is -2.38. The fourth-order valence-corrected chi connectivity index (χ4v) is 5.03. The molecule has 2 saturated heterocycles. The van der Waals surface area contributed by atoms with Gasteiger partial charge in [0.05, 0.1) is 6.04 Å². The van der Waals surface area contributed by atoms with E-state index in [1.807, 2.05) is 83.6 Å². The van der Waals surface area contributed by atoms with Crippen molar-refractivity contribution >= 4 is 11.8 Å². The Morgan fingerprint density at radius 2 is 1.91 bits per heavy atom. The molecule has 1 unspecified atom stereocenters. The maximum absolute atomic E-state index is 13.6. The Morgan fingerprint density at radius 1 is 1.03 bits per heavy atom. The molecule has 1 aromatic heterocycles. The molecule has 0 N–H and O–H groups in total. The number of carbonyl (C=O) groups excluding carboxylic acids is 2. The van der Waals surface area contributed by atoms with Crippen molar-refractivity contribution in [2.75, 3.05) is 13.1 Å². The van der Waals surface area contributed by atoms with Gasteiger partial charge in [0.15, 0.2) is 0 Å². The van der Waals surface area contributed by atoms with Crippen LogP contribution in [0.4, 0.5) is 0 Å².